The number of carbonyl (C=O) groups is 5. The van der Waals surface area contributed by atoms with Crippen molar-refractivity contribution in [2.24, 2.45) is 11.1 Å². The van der Waals surface area contributed by atoms with E-state index in [2.05, 4.69) is 10.6 Å². The molecule has 2 saturated heterocycles. The number of hydrogen-bond donors (Lipinski definition) is 3. The van der Waals surface area contributed by atoms with E-state index in [0.717, 1.165) is 11.3 Å². The third kappa shape index (κ3) is 7.35. The molecule has 3 aliphatic rings. The molecule has 0 saturated carbocycles. The molecule has 4 N–H and O–H groups in total. The van der Waals surface area contributed by atoms with E-state index in [9.17, 15) is 32.4 Å². The van der Waals surface area contributed by atoms with E-state index in [-0.39, 0.29) is 47.7 Å². The van der Waals surface area contributed by atoms with E-state index in [4.69, 9.17) is 10.5 Å². The Morgan fingerprint density at radius 3 is 2.47 bits per heavy atom. The summed E-state index contributed by atoms with van der Waals surface area (Å²) in [5.74, 6) is -2.19. The van der Waals surface area contributed by atoms with Crippen molar-refractivity contribution >= 4 is 45.4 Å². The van der Waals surface area contributed by atoms with Gasteiger partial charge in [0.15, 0.2) is 0 Å². The zero-order valence-electron chi connectivity index (χ0n) is 24.9. The van der Waals surface area contributed by atoms with Crippen molar-refractivity contribution in [3.05, 3.63) is 29.3 Å². The summed E-state index contributed by atoms with van der Waals surface area (Å²) in [6.07, 6.45) is 2.35. The van der Waals surface area contributed by atoms with Gasteiger partial charge in [0.1, 0.15) is 12.1 Å². The summed E-state index contributed by atoms with van der Waals surface area (Å²) in [4.78, 5) is 62.2. The number of benzene rings is 1. The molecule has 43 heavy (non-hydrogen) atoms. The number of rotatable bonds is 11. The molecule has 0 radical (unpaired) electrons. The second-order valence-corrected chi connectivity index (χ2v) is 14.4. The number of sulfonamides is 1. The van der Waals surface area contributed by atoms with Crippen LogP contribution in [0.5, 0.6) is 0 Å². The summed E-state index contributed by atoms with van der Waals surface area (Å²) >= 11 is 0. The summed E-state index contributed by atoms with van der Waals surface area (Å²) in [6.45, 7) is 6.69. The molecule has 1 aromatic carbocycles. The molecule has 4 rings (SSSR count). The molecule has 0 bridgehead atoms. The Labute approximate surface area is 251 Å². The average Bonchev–Trinajstić information content (AvgIpc) is 3.17. The minimum atomic E-state index is -3.52. The number of anilines is 1. The smallest absolute Gasteiger partial charge is 0.404 e. The maximum absolute atomic E-state index is 13.3. The maximum Gasteiger partial charge on any atom is 0.404 e. The SMILES string of the molecule is CC(C)(C)C1CC(OC(N)=O)CCN1S(=O)(=O)CCCCCCNc1cccc2c1C(=O)N(C1CCC(=O)NC1=O)C2=O. The lowest BCUT2D eigenvalue weighted by Gasteiger charge is -2.44. The molecule has 3 heterocycles. The van der Waals surface area contributed by atoms with Gasteiger partial charge in [-0.3, -0.25) is 29.4 Å². The van der Waals surface area contributed by atoms with Crippen LogP contribution in [0.1, 0.15) is 92.9 Å². The van der Waals surface area contributed by atoms with Gasteiger partial charge >= 0.3 is 6.09 Å². The Morgan fingerprint density at radius 1 is 1.07 bits per heavy atom. The van der Waals surface area contributed by atoms with E-state index in [0.29, 0.717) is 44.3 Å². The van der Waals surface area contributed by atoms with Crippen LogP contribution in [-0.2, 0) is 24.3 Å². The fourth-order valence-electron chi connectivity index (χ4n) is 6.07. The molecular weight excluding hydrogens is 578 g/mol. The highest BCUT2D eigenvalue weighted by Gasteiger charge is 2.46. The van der Waals surface area contributed by atoms with Crippen molar-refractivity contribution in [1.82, 2.24) is 14.5 Å². The van der Waals surface area contributed by atoms with Crippen LogP contribution in [0.2, 0.25) is 0 Å². The predicted octanol–water partition coefficient (Wildman–Crippen LogP) is 2.36. The van der Waals surface area contributed by atoms with Crippen molar-refractivity contribution in [3.63, 3.8) is 0 Å². The van der Waals surface area contributed by atoms with Crippen LogP contribution in [0.4, 0.5) is 10.5 Å². The van der Waals surface area contributed by atoms with Gasteiger partial charge in [-0.25, -0.2) is 13.2 Å². The Hall–Kier alpha value is -3.52. The molecular formula is C29H41N5O8S. The fraction of sp³-hybridized carbons (Fsp3) is 0.621. The van der Waals surface area contributed by atoms with E-state index in [1.807, 2.05) is 20.8 Å². The first-order valence-electron chi connectivity index (χ1n) is 14.7. The van der Waals surface area contributed by atoms with Crippen molar-refractivity contribution in [3.8, 4) is 0 Å². The standard InChI is InChI=1S/C29H41N5O8S/c1-29(2,3)22-17-18(42-28(30)39)13-15-33(22)43(40,41)16-7-5-4-6-14-31-20-10-8-9-19-24(20)27(38)34(26(19)37)21-11-12-23(35)32-25(21)36/h8-10,18,21-22,31H,4-7,11-17H2,1-3H3,(H2,30,39)(H,32,35,36). The van der Waals surface area contributed by atoms with E-state index in [1.54, 1.807) is 22.5 Å². The van der Waals surface area contributed by atoms with Gasteiger partial charge in [0.25, 0.3) is 11.8 Å². The number of imide groups is 2. The quantitative estimate of drug-likeness (QED) is 0.247. The Bertz CT molecular complexity index is 1390. The highest BCUT2D eigenvalue weighted by molar-refractivity contribution is 7.89. The zero-order chi connectivity index (χ0) is 31.5. The molecule has 13 nitrogen and oxygen atoms in total. The number of hydrogen-bond acceptors (Lipinski definition) is 9. The first kappa shape index (κ1) is 32.4. The van der Waals surface area contributed by atoms with Crippen LogP contribution in [-0.4, -0.2) is 84.4 Å². The number of nitrogens with two attached hydrogens (primary N) is 1. The third-order valence-corrected chi connectivity index (χ3v) is 10.2. The van der Waals surface area contributed by atoms with Gasteiger partial charge in [0.2, 0.25) is 21.8 Å². The van der Waals surface area contributed by atoms with Crippen molar-refractivity contribution in [2.75, 3.05) is 24.2 Å². The molecule has 0 aromatic heterocycles. The number of primary amides is 1. The van der Waals surface area contributed by atoms with Gasteiger partial charge in [-0.1, -0.05) is 39.7 Å². The van der Waals surface area contributed by atoms with Gasteiger partial charge in [0.05, 0.1) is 16.9 Å². The average molecular weight is 620 g/mol. The van der Waals surface area contributed by atoms with Gasteiger partial charge in [-0.2, -0.15) is 4.31 Å². The molecule has 3 aliphatic heterocycles. The second kappa shape index (κ2) is 13.0. The molecule has 1 aromatic rings. The number of fused-ring (bicyclic) bond motifs is 1. The van der Waals surface area contributed by atoms with Gasteiger partial charge in [-0.05, 0) is 43.2 Å². The molecule has 236 valence electrons. The van der Waals surface area contributed by atoms with Crippen LogP contribution in [0.25, 0.3) is 0 Å². The second-order valence-electron chi connectivity index (χ2n) is 12.4. The fourth-order valence-corrected chi connectivity index (χ4v) is 8.04. The monoisotopic (exact) mass is 619 g/mol. The van der Waals surface area contributed by atoms with Gasteiger partial charge in [-0.15, -0.1) is 0 Å². The van der Waals surface area contributed by atoms with Crippen LogP contribution in [0.3, 0.4) is 0 Å². The number of amides is 5. The van der Waals surface area contributed by atoms with Crippen LogP contribution in [0, 0.1) is 5.41 Å². The number of piperidine rings is 2. The summed E-state index contributed by atoms with van der Waals surface area (Å²) in [6, 6.07) is 3.58. The molecule has 2 fully saturated rings. The predicted molar refractivity (Wildman–Crippen MR) is 157 cm³/mol. The minimum Gasteiger partial charge on any atom is -0.446 e. The van der Waals surface area contributed by atoms with E-state index >= 15 is 0 Å². The van der Waals surface area contributed by atoms with Gasteiger partial charge in [0, 0.05) is 37.7 Å². The lowest BCUT2D eigenvalue weighted by molar-refractivity contribution is -0.136. The first-order valence-corrected chi connectivity index (χ1v) is 16.4. The molecule has 14 heteroatoms. The topological polar surface area (TPSA) is 185 Å². The first-order chi connectivity index (χ1) is 20.2. The van der Waals surface area contributed by atoms with Crippen molar-refractivity contribution in [1.29, 1.82) is 0 Å². The summed E-state index contributed by atoms with van der Waals surface area (Å²) in [5, 5.41) is 5.40. The van der Waals surface area contributed by atoms with Crippen LogP contribution < -0.4 is 16.4 Å². The van der Waals surface area contributed by atoms with E-state index in [1.165, 1.54) is 0 Å². The lowest BCUT2D eigenvalue weighted by atomic mass is 9.81. The zero-order valence-corrected chi connectivity index (χ0v) is 25.7. The lowest BCUT2D eigenvalue weighted by Crippen LogP contribution is -2.54. The highest BCUT2D eigenvalue weighted by atomic mass is 32.2. The minimum absolute atomic E-state index is 0.0212. The molecule has 0 aliphatic carbocycles. The van der Waals surface area contributed by atoms with Crippen molar-refractivity contribution < 1.29 is 37.1 Å². The molecule has 3 atom stereocenters. The number of nitrogens with one attached hydrogen (secondary N) is 2. The third-order valence-electron chi connectivity index (χ3n) is 8.26. The largest absolute Gasteiger partial charge is 0.446 e. The Morgan fingerprint density at radius 2 is 1.79 bits per heavy atom. The molecule has 0 spiro atoms. The number of nitrogens with zero attached hydrogens (tertiary/aromatic N) is 2. The molecule has 5 amide bonds. The Balaban J connectivity index is 1.26. The maximum atomic E-state index is 13.3. The highest BCUT2D eigenvalue weighted by Crippen LogP contribution is 2.35. The summed E-state index contributed by atoms with van der Waals surface area (Å²) in [5.41, 5.74) is 5.74. The number of ether oxygens (including phenoxy) is 1. The van der Waals surface area contributed by atoms with Crippen LogP contribution >= 0.6 is 0 Å². The normalized spacial score (nSPS) is 23.2. The summed E-state index contributed by atoms with van der Waals surface area (Å²) < 4.78 is 33.3. The number of unbranched alkanes of at least 4 members (excludes halogenated alkanes) is 3. The van der Waals surface area contributed by atoms with E-state index < -0.39 is 51.9 Å². The Kier molecular flexibility index (Phi) is 9.79. The molecule has 3 unspecified atom stereocenters. The van der Waals surface area contributed by atoms with Gasteiger partial charge < -0.3 is 15.8 Å². The number of carbonyl (C=O) groups excluding carboxylic acids is 5. The van der Waals surface area contributed by atoms with Crippen LogP contribution in [0.15, 0.2) is 18.2 Å². The summed E-state index contributed by atoms with van der Waals surface area (Å²) in [7, 11) is -3.52. The van der Waals surface area contributed by atoms with Crippen molar-refractivity contribution in [2.45, 2.75) is 90.3 Å².